The molecule has 0 aromatic heterocycles. The normalized spacial score (nSPS) is 13.4. The highest BCUT2D eigenvalue weighted by Crippen LogP contribution is 2.17. The van der Waals surface area contributed by atoms with Crippen LogP contribution in [-0.4, -0.2) is 11.1 Å². The predicted octanol–water partition coefficient (Wildman–Crippen LogP) is 5.96. The van der Waals surface area contributed by atoms with E-state index in [0.717, 1.165) is 12.8 Å². The Morgan fingerprint density at radius 3 is 2.10 bits per heavy atom. The van der Waals surface area contributed by atoms with Gasteiger partial charge < -0.3 is 5.11 Å². The maximum absolute atomic E-state index is 10.6. The molecule has 1 N–H and O–H groups in total. The Morgan fingerprint density at radius 1 is 1.00 bits per heavy atom. The molecule has 0 saturated heterocycles. The van der Waals surface area contributed by atoms with Gasteiger partial charge in [-0.3, -0.25) is 0 Å². The molecule has 0 amide bonds. The van der Waals surface area contributed by atoms with Gasteiger partial charge in [-0.2, -0.15) is 0 Å². The van der Waals surface area contributed by atoms with Gasteiger partial charge in [-0.25, -0.2) is 4.79 Å². The molecule has 2 heteroatoms. The standard InChI is InChI=1S/C18H34O2/c1-4-5-6-7-8-9-10-11-13-16(2)14-12-15-17(3)18(19)20/h15-16H,4-14H2,1-3H3,(H,19,20). The summed E-state index contributed by atoms with van der Waals surface area (Å²) < 4.78 is 0. The van der Waals surface area contributed by atoms with Crippen LogP contribution in [0.5, 0.6) is 0 Å². The number of allylic oxidation sites excluding steroid dienone is 1. The largest absolute Gasteiger partial charge is 0.478 e. The van der Waals surface area contributed by atoms with Crippen molar-refractivity contribution >= 4 is 5.97 Å². The van der Waals surface area contributed by atoms with E-state index in [1.165, 1.54) is 57.8 Å². The van der Waals surface area contributed by atoms with E-state index in [1.54, 1.807) is 6.92 Å². The fourth-order valence-corrected chi connectivity index (χ4v) is 2.44. The summed E-state index contributed by atoms with van der Waals surface area (Å²) in [6.07, 6.45) is 16.2. The molecule has 0 aliphatic carbocycles. The third-order valence-corrected chi connectivity index (χ3v) is 4.00. The predicted molar refractivity (Wildman–Crippen MR) is 87.0 cm³/mol. The first-order valence-electron chi connectivity index (χ1n) is 8.48. The Hall–Kier alpha value is -0.790. The van der Waals surface area contributed by atoms with Crippen LogP contribution in [-0.2, 0) is 4.79 Å². The van der Waals surface area contributed by atoms with Gasteiger partial charge in [0.15, 0.2) is 0 Å². The Kier molecular flexibility index (Phi) is 12.7. The first-order valence-corrected chi connectivity index (χ1v) is 8.48. The fourth-order valence-electron chi connectivity index (χ4n) is 2.44. The zero-order valence-corrected chi connectivity index (χ0v) is 13.8. The van der Waals surface area contributed by atoms with Crippen molar-refractivity contribution < 1.29 is 9.90 Å². The zero-order chi connectivity index (χ0) is 15.2. The third kappa shape index (κ3) is 12.3. The molecule has 0 aromatic rings. The van der Waals surface area contributed by atoms with E-state index >= 15 is 0 Å². The van der Waals surface area contributed by atoms with E-state index in [4.69, 9.17) is 5.11 Å². The van der Waals surface area contributed by atoms with Gasteiger partial charge in [-0.15, -0.1) is 0 Å². The first-order chi connectivity index (χ1) is 9.57. The maximum Gasteiger partial charge on any atom is 0.330 e. The minimum atomic E-state index is -0.791. The van der Waals surface area contributed by atoms with E-state index in [2.05, 4.69) is 13.8 Å². The lowest BCUT2D eigenvalue weighted by atomic mass is 9.97. The van der Waals surface area contributed by atoms with Crippen molar-refractivity contribution in [2.75, 3.05) is 0 Å². The zero-order valence-electron chi connectivity index (χ0n) is 13.8. The van der Waals surface area contributed by atoms with Crippen molar-refractivity contribution in [3.8, 4) is 0 Å². The Labute approximate surface area is 125 Å². The molecule has 0 saturated carbocycles. The van der Waals surface area contributed by atoms with E-state index in [-0.39, 0.29) is 0 Å². The summed E-state index contributed by atoms with van der Waals surface area (Å²) in [5, 5.41) is 8.76. The second-order valence-corrected chi connectivity index (χ2v) is 6.14. The van der Waals surface area contributed by atoms with Crippen molar-refractivity contribution in [2.45, 2.75) is 91.4 Å². The molecule has 0 aromatic carbocycles. The molecule has 118 valence electrons. The molecule has 0 aliphatic rings. The summed E-state index contributed by atoms with van der Waals surface area (Å²) in [5.74, 6) is -0.0753. The summed E-state index contributed by atoms with van der Waals surface area (Å²) in [5.41, 5.74) is 0.476. The molecule has 0 rings (SSSR count). The van der Waals surface area contributed by atoms with E-state index in [1.807, 2.05) is 6.08 Å². The summed E-state index contributed by atoms with van der Waals surface area (Å²) in [7, 11) is 0. The number of carbonyl (C=O) groups is 1. The topological polar surface area (TPSA) is 37.3 Å². The van der Waals surface area contributed by atoms with E-state index in [9.17, 15) is 4.79 Å². The van der Waals surface area contributed by atoms with Gasteiger partial charge in [0.05, 0.1) is 0 Å². The lowest BCUT2D eigenvalue weighted by molar-refractivity contribution is -0.132. The summed E-state index contributed by atoms with van der Waals surface area (Å²) in [6, 6.07) is 0. The van der Waals surface area contributed by atoms with Crippen LogP contribution >= 0.6 is 0 Å². The van der Waals surface area contributed by atoms with Crippen LogP contribution in [0.15, 0.2) is 11.6 Å². The molecule has 1 atom stereocenters. The molecule has 0 spiro atoms. The third-order valence-electron chi connectivity index (χ3n) is 4.00. The highest BCUT2D eigenvalue weighted by Gasteiger charge is 2.03. The highest BCUT2D eigenvalue weighted by molar-refractivity contribution is 5.85. The van der Waals surface area contributed by atoms with Crippen LogP contribution in [0.1, 0.15) is 91.4 Å². The molecular weight excluding hydrogens is 248 g/mol. The number of hydrogen-bond donors (Lipinski definition) is 1. The summed E-state index contributed by atoms with van der Waals surface area (Å²) in [4.78, 5) is 10.6. The van der Waals surface area contributed by atoms with Crippen molar-refractivity contribution in [2.24, 2.45) is 5.92 Å². The fraction of sp³-hybridized carbons (Fsp3) is 0.833. The van der Waals surface area contributed by atoms with E-state index in [0.29, 0.717) is 11.5 Å². The average molecular weight is 282 g/mol. The molecular formula is C18H34O2. The quantitative estimate of drug-likeness (QED) is 0.334. The van der Waals surface area contributed by atoms with Gasteiger partial charge >= 0.3 is 5.97 Å². The van der Waals surface area contributed by atoms with Crippen LogP contribution in [0.3, 0.4) is 0 Å². The maximum atomic E-state index is 10.6. The SMILES string of the molecule is CCCCCCCCCCC(C)CCC=C(C)C(=O)O. The van der Waals surface area contributed by atoms with E-state index < -0.39 is 5.97 Å². The van der Waals surface area contributed by atoms with Crippen LogP contribution in [0.25, 0.3) is 0 Å². The number of carboxylic acids is 1. The van der Waals surface area contributed by atoms with Crippen molar-refractivity contribution in [3.05, 3.63) is 11.6 Å². The molecule has 0 aliphatic heterocycles. The lowest BCUT2D eigenvalue weighted by Crippen LogP contribution is -1.98. The van der Waals surface area contributed by atoms with Gasteiger partial charge in [-0.05, 0) is 25.7 Å². The number of carboxylic acid groups (broad SMARTS) is 1. The first kappa shape index (κ1) is 19.2. The molecule has 20 heavy (non-hydrogen) atoms. The highest BCUT2D eigenvalue weighted by atomic mass is 16.4. The monoisotopic (exact) mass is 282 g/mol. The molecule has 0 radical (unpaired) electrons. The van der Waals surface area contributed by atoms with Crippen molar-refractivity contribution in [3.63, 3.8) is 0 Å². The molecule has 0 fully saturated rings. The molecule has 2 nitrogen and oxygen atoms in total. The minimum absolute atomic E-state index is 0.476. The van der Waals surface area contributed by atoms with Gasteiger partial charge in [-0.1, -0.05) is 77.7 Å². The number of aliphatic carboxylic acids is 1. The second kappa shape index (κ2) is 13.2. The number of hydrogen-bond acceptors (Lipinski definition) is 1. The van der Waals surface area contributed by atoms with Gasteiger partial charge in [0.25, 0.3) is 0 Å². The Morgan fingerprint density at radius 2 is 1.55 bits per heavy atom. The second-order valence-electron chi connectivity index (χ2n) is 6.14. The van der Waals surface area contributed by atoms with Gasteiger partial charge in [0.1, 0.15) is 0 Å². The molecule has 0 bridgehead atoms. The van der Waals surface area contributed by atoms with Crippen molar-refractivity contribution in [1.82, 2.24) is 0 Å². The van der Waals surface area contributed by atoms with Crippen molar-refractivity contribution in [1.29, 1.82) is 0 Å². The lowest BCUT2D eigenvalue weighted by Gasteiger charge is -2.09. The van der Waals surface area contributed by atoms with Crippen LogP contribution in [0, 0.1) is 5.92 Å². The summed E-state index contributed by atoms with van der Waals surface area (Å²) in [6.45, 7) is 6.21. The Bertz CT molecular complexity index is 269. The van der Waals surface area contributed by atoms with Crippen LogP contribution in [0.4, 0.5) is 0 Å². The molecule has 0 heterocycles. The Balaban J connectivity index is 3.39. The number of rotatable bonds is 13. The minimum Gasteiger partial charge on any atom is -0.478 e. The van der Waals surface area contributed by atoms with Crippen LogP contribution < -0.4 is 0 Å². The summed E-state index contributed by atoms with van der Waals surface area (Å²) >= 11 is 0. The number of unbranched alkanes of at least 4 members (excludes halogenated alkanes) is 7. The van der Waals surface area contributed by atoms with Gasteiger partial charge in [0, 0.05) is 5.57 Å². The molecule has 1 unspecified atom stereocenters. The van der Waals surface area contributed by atoms with Gasteiger partial charge in [0.2, 0.25) is 0 Å². The average Bonchev–Trinajstić information content (AvgIpc) is 2.41. The van der Waals surface area contributed by atoms with Crippen LogP contribution in [0.2, 0.25) is 0 Å². The smallest absolute Gasteiger partial charge is 0.330 e.